The third-order valence-corrected chi connectivity index (χ3v) is 1.64. The van der Waals surface area contributed by atoms with Crippen LogP contribution in [0.15, 0.2) is 0 Å². The number of hydrogen-bond acceptors (Lipinski definition) is 5. The SMILES string of the molecule is CC(C)(N)OC(=O)[C@@H](N)CCCCN. The number of unbranched alkanes of at least 4 members (excludes halogenated alkanes) is 1. The van der Waals surface area contributed by atoms with Crippen LogP contribution >= 0.6 is 0 Å². The van der Waals surface area contributed by atoms with Gasteiger partial charge in [0.05, 0.1) is 0 Å². The Bertz CT molecular complexity index is 177. The quantitative estimate of drug-likeness (QED) is 0.312. The fourth-order valence-corrected chi connectivity index (χ4v) is 0.961. The molecule has 0 aliphatic heterocycles. The molecule has 0 amide bonds. The summed E-state index contributed by atoms with van der Waals surface area (Å²) in [6, 6.07) is -0.593. The maximum Gasteiger partial charge on any atom is 0.324 e. The van der Waals surface area contributed by atoms with Gasteiger partial charge in [-0.1, -0.05) is 6.42 Å². The number of rotatable bonds is 6. The number of ether oxygens (including phenoxy) is 1. The van der Waals surface area contributed by atoms with Crippen molar-refractivity contribution in [2.45, 2.75) is 44.9 Å². The second-order valence-corrected chi connectivity index (χ2v) is 3.92. The predicted molar refractivity (Wildman–Crippen MR) is 55.2 cm³/mol. The molecule has 0 heterocycles. The zero-order chi connectivity index (χ0) is 11.2. The van der Waals surface area contributed by atoms with Crippen molar-refractivity contribution in [2.75, 3.05) is 6.54 Å². The van der Waals surface area contributed by atoms with Gasteiger partial charge in [0.15, 0.2) is 5.72 Å². The van der Waals surface area contributed by atoms with E-state index in [1.807, 2.05) is 0 Å². The van der Waals surface area contributed by atoms with Gasteiger partial charge in [-0.2, -0.15) is 0 Å². The first-order valence-corrected chi connectivity index (χ1v) is 4.84. The highest BCUT2D eigenvalue weighted by Gasteiger charge is 2.21. The first-order chi connectivity index (χ1) is 6.37. The molecule has 6 N–H and O–H groups in total. The van der Waals surface area contributed by atoms with Crippen LogP contribution < -0.4 is 17.2 Å². The lowest BCUT2D eigenvalue weighted by Crippen LogP contribution is -2.43. The zero-order valence-electron chi connectivity index (χ0n) is 8.95. The van der Waals surface area contributed by atoms with Crippen LogP contribution in [-0.2, 0) is 9.53 Å². The molecule has 0 fully saturated rings. The summed E-state index contributed by atoms with van der Waals surface area (Å²) in [6.07, 6.45) is 2.29. The molecule has 5 heteroatoms. The molecular formula is C9H21N3O2. The van der Waals surface area contributed by atoms with Crippen molar-refractivity contribution in [3.05, 3.63) is 0 Å². The highest BCUT2D eigenvalue weighted by Crippen LogP contribution is 2.05. The molecule has 0 aromatic carbocycles. The maximum atomic E-state index is 11.3. The molecule has 1 atom stereocenters. The molecule has 0 aliphatic rings. The molecule has 0 bridgehead atoms. The lowest BCUT2D eigenvalue weighted by Gasteiger charge is -2.21. The average molecular weight is 203 g/mol. The topological polar surface area (TPSA) is 104 Å². The average Bonchev–Trinajstić information content (AvgIpc) is 2.01. The molecule has 0 unspecified atom stereocenters. The van der Waals surface area contributed by atoms with Gasteiger partial charge in [-0.25, -0.2) is 0 Å². The second kappa shape index (κ2) is 5.95. The van der Waals surface area contributed by atoms with Gasteiger partial charge in [0.2, 0.25) is 0 Å². The number of carbonyl (C=O) groups is 1. The third-order valence-electron chi connectivity index (χ3n) is 1.64. The third kappa shape index (κ3) is 6.82. The monoisotopic (exact) mass is 203 g/mol. The Kier molecular flexibility index (Phi) is 5.68. The van der Waals surface area contributed by atoms with E-state index in [0.717, 1.165) is 12.8 Å². The second-order valence-electron chi connectivity index (χ2n) is 3.92. The molecular weight excluding hydrogens is 182 g/mol. The Morgan fingerprint density at radius 1 is 1.43 bits per heavy atom. The van der Waals surface area contributed by atoms with E-state index in [1.165, 1.54) is 0 Å². The van der Waals surface area contributed by atoms with Gasteiger partial charge in [-0.3, -0.25) is 10.5 Å². The number of hydrogen-bond donors (Lipinski definition) is 3. The Hall–Kier alpha value is -0.650. The molecule has 0 radical (unpaired) electrons. The van der Waals surface area contributed by atoms with Crippen molar-refractivity contribution in [1.29, 1.82) is 0 Å². The van der Waals surface area contributed by atoms with Crippen LogP contribution in [0.5, 0.6) is 0 Å². The molecule has 0 spiro atoms. The lowest BCUT2D eigenvalue weighted by molar-refractivity contribution is -0.157. The van der Waals surface area contributed by atoms with Gasteiger partial charge in [0, 0.05) is 0 Å². The molecule has 0 aromatic heterocycles. The molecule has 0 saturated heterocycles. The van der Waals surface area contributed by atoms with E-state index < -0.39 is 17.7 Å². The zero-order valence-corrected chi connectivity index (χ0v) is 8.95. The standard InChI is InChI=1S/C9H21N3O2/c1-9(2,12)14-8(13)7(11)5-3-4-6-10/h7H,3-6,10-12H2,1-2H3/t7-/m0/s1. The molecule has 0 rings (SSSR count). The Morgan fingerprint density at radius 3 is 2.43 bits per heavy atom. The van der Waals surface area contributed by atoms with Crippen LogP contribution in [0.4, 0.5) is 0 Å². The van der Waals surface area contributed by atoms with Crippen molar-refractivity contribution in [1.82, 2.24) is 0 Å². The highest BCUT2D eigenvalue weighted by atomic mass is 16.6. The summed E-state index contributed by atoms with van der Waals surface area (Å²) < 4.78 is 4.91. The summed E-state index contributed by atoms with van der Waals surface area (Å²) in [5.41, 5.74) is 15.5. The van der Waals surface area contributed by atoms with Crippen molar-refractivity contribution >= 4 is 5.97 Å². The Balaban J connectivity index is 3.77. The van der Waals surface area contributed by atoms with E-state index in [-0.39, 0.29) is 0 Å². The minimum atomic E-state index is -0.956. The molecule has 0 aromatic rings. The van der Waals surface area contributed by atoms with E-state index in [4.69, 9.17) is 21.9 Å². The van der Waals surface area contributed by atoms with Crippen molar-refractivity contribution in [3.63, 3.8) is 0 Å². The smallest absolute Gasteiger partial charge is 0.324 e. The van der Waals surface area contributed by atoms with Crippen molar-refractivity contribution in [2.24, 2.45) is 17.2 Å². The van der Waals surface area contributed by atoms with E-state index >= 15 is 0 Å². The minimum absolute atomic E-state index is 0.450. The van der Waals surface area contributed by atoms with Crippen LogP contribution in [0, 0.1) is 0 Å². The van der Waals surface area contributed by atoms with Crippen LogP contribution in [0.25, 0.3) is 0 Å². The van der Waals surface area contributed by atoms with Crippen LogP contribution in [0.2, 0.25) is 0 Å². The summed E-state index contributed by atoms with van der Waals surface area (Å²) in [5.74, 6) is -0.450. The molecule has 5 nitrogen and oxygen atoms in total. The number of carbonyl (C=O) groups excluding carboxylic acids is 1. The minimum Gasteiger partial charge on any atom is -0.444 e. The lowest BCUT2D eigenvalue weighted by atomic mass is 10.1. The molecule has 0 aliphatic carbocycles. The predicted octanol–water partition coefficient (Wildman–Crippen LogP) is -0.319. The van der Waals surface area contributed by atoms with Crippen LogP contribution in [0.3, 0.4) is 0 Å². The first kappa shape index (κ1) is 13.4. The van der Waals surface area contributed by atoms with Crippen molar-refractivity contribution < 1.29 is 9.53 Å². The van der Waals surface area contributed by atoms with Crippen LogP contribution in [-0.4, -0.2) is 24.3 Å². The van der Waals surface area contributed by atoms with Gasteiger partial charge < -0.3 is 16.2 Å². The van der Waals surface area contributed by atoms with Crippen LogP contribution in [0.1, 0.15) is 33.1 Å². The first-order valence-electron chi connectivity index (χ1n) is 4.84. The number of esters is 1. The maximum absolute atomic E-state index is 11.3. The Labute approximate surface area is 85.0 Å². The molecule has 84 valence electrons. The number of nitrogens with two attached hydrogens (primary N) is 3. The van der Waals surface area contributed by atoms with Gasteiger partial charge in [0.1, 0.15) is 6.04 Å². The van der Waals surface area contributed by atoms with Gasteiger partial charge in [-0.15, -0.1) is 0 Å². The van der Waals surface area contributed by atoms with Gasteiger partial charge >= 0.3 is 5.97 Å². The molecule has 14 heavy (non-hydrogen) atoms. The van der Waals surface area contributed by atoms with E-state index in [1.54, 1.807) is 13.8 Å². The van der Waals surface area contributed by atoms with Gasteiger partial charge in [-0.05, 0) is 33.2 Å². The van der Waals surface area contributed by atoms with E-state index in [9.17, 15) is 4.79 Å². The normalized spacial score (nSPS) is 13.8. The van der Waals surface area contributed by atoms with Crippen molar-refractivity contribution in [3.8, 4) is 0 Å². The highest BCUT2D eigenvalue weighted by molar-refractivity contribution is 5.75. The summed E-state index contributed by atoms with van der Waals surface area (Å²) in [4.78, 5) is 11.3. The fraction of sp³-hybridized carbons (Fsp3) is 0.889. The van der Waals surface area contributed by atoms with Gasteiger partial charge in [0.25, 0.3) is 0 Å². The van der Waals surface area contributed by atoms with E-state index in [0.29, 0.717) is 13.0 Å². The largest absolute Gasteiger partial charge is 0.444 e. The summed E-state index contributed by atoms with van der Waals surface area (Å²) in [5, 5.41) is 0. The molecule has 0 saturated carbocycles. The fourth-order valence-electron chi connectivity index (χ4n) is 0.961. The summed E-state index contributed by atoms with van der Waals surface area (Å²) in [7, 11) is 0. The van der Waals surface area contributed by atoms with E-state index in [2.05, 4.69) is 0 Å². The summed E-state index contributed by atoms with van der Waals surface area (Å²) >= 11 is 0. The summed E-state index contributed by atoms with van der Waals surface area (Å²) in [6.45, 7) is 3.83. The Morgan fingerprint density at radius 2 is 2.00 bits per heavy atom.